The molecule has 0 radical (unpaired) electrons. The molecule has 6 rings (SSSR count). The van der Waals surface area contributed by atoms with Gasteiger partial charge in [0, 0.05) is 48.3 Å². The topological polar surface area (TPSA) is 62.2 Å². The second-order valence-electron chi connectivity index (χ2n) is 9.02. The Hall–Kier alpha value is -3.62. The third-order valence-electron chi connectivity index (χ3n) is 6.82. The summed E-state index contributed by atoms with van der Waals surface area (Å²) in [4.78, 5) is 15.2. The molecule has 2 aliphatic heterocycles. The Kier molecular flexibility index (Phi) is 4.48. The van der Waals surface area contributed by atoms with Crippen molar-refractivity contribution in [3.05, 3.63) is 94.1 Å². The number of rotatable bonds is 3. The van der Waals surface area contributed by atoms with Crippen molar-refractivity contribution in [2.75, 3.05) is 13.1 Å². The van der Waals surface area contributed by atoms with E-state index in [1.165, 1.54) is 0 Å². The molecular weight excluding hydrogens is 398 g/mol. The Morgan fingerprint density at radius 2 is 1.91 bits per heavy atom. The van der Waals surface area contributed by atoms with Gasteiger partial charge in [0.15, 0.2) is 0 Å². The van der Waals surface area contributed by atoms with Gasteiger partial charge in [-0.05, 0) is 48.2 Å². The van der Waals surface area contributed by atoms with E-state index in [0.717, 1.165) is 66.2 Å². The standard InChI is InChI=1S/C27H23N3O2/c28-13-18-4-3-6-20(10-18)24-8-9-26(31)30-15-19-11-22(27(24)30)16-29(14-19)17-23-12-21-5-1-2-7-25(21)32-23/h1-10,12,19,22H,11,14-17H2/t19-,22-/m1/s1. The molecule has 2 atom stereocenters. The summed E-state index contributed by atoms with van der Waals surface area (Å²) >= 11 is 0. The number of hydrogen-bond acceptors (Lipinski definition) is 4. The lowest BCUT2D eigenvalue weighted by Gasteiger charge is -2.43. The van der Waals surface area contributed by atoms with Crippen LogP contribution in [0.4, 0.5) is 0 Å². The van der Waals surface area contributed by atoms with Gasteiger partial charge >= 0.3 is 0 Å². The maximum atomic E-state index is 12.8. The number of piperidine rings is 1. The molecule has 4 aromatic rings. The number of benzene rings is 2. The predicted molar refractivity (Wildman–Crippen MR) is 123 cm³/mol. The molecule has 5 nitrogen and oxygen atoms in total. The van der Waals surface area contributed by atoms with Gasteiger partial charge in [0.05, 0.1) is 18.2 Å². The zero-order chi connectivity index (χ0) is 21.7. The summed E-state index contributed by atoms with van der Waals surface area (Å²) in [6.07, 6.45) is 1.09. The van der Waals surface area contributed by atoms with Gasteiger partial charge in [-0.2, -0.15) is 5.26 Å². The largest absolute Gasteiger partial charge is 0.460 e. The average Bonchev–Trinajstić information content (AvgIpc) is 3.22. The summed E-state index contributed by atoms with van der Waals surface area (Å²) in [5.41, 5.74) is 4.81. The summed E-state index contributed by atoms with van der Waals surface area (Å²) in [5, 5.41) is 10.5. The first kappa shape index (κ1) is 19.1. The molecule has 2 aromatic carbocycles. The van der Waals surface area contributed by atoms with Crippen molar-refractivity contribution in [1.82, 2.24) is 9.47 Å². The van der Waals surface area contributed by atoms with Crippen molar-refractivity contribution in [3.63, 3.8) is 0 Å². The molecule has 0 amide bonds. The van der Waals surface area contributed by atoms with Crippen LogP contribution in [0.15, 0.2) is 75.9 Å². The van der Waals surface area contributed by atoms with Crippen molar-refractivity contribution < 1.29 is 4.42 Å². The summed E-state index contributed by atoms with van der Waals surface area (Å²) in [6.45, 7) is 3.38. The van der Waals surface area contributed by atoms with E-state index in [2.05, 4.69) is 23.1 Å². The first-order valence-corrected chi connectivity index (χ1v) is 11.1. The highest BCUT2D eigenvalue weighted by Crippen LogP contribution is 2.40. The fourth-order valence-corrected chi connectivity index (χ4v) is 5.58. The first-order valence-electron chi connectivity index (χ1n) is 11.1. The fraction of sp³-hybridized carbons (Fsp3) is 0.259. The van der Waals surface area contributed by atoms with Gasteiger partial charge in [0.2, 0.25) is 0 Å². The van der Waals surface area contributed by atoms with E-state index < -0.39 is 0 Å². The number of nitrogens with zero attached hydrogens (tertiary/aromatic N) is 3. The van der Waals surface area contributed by atoms with Crippen LogP contribution in [0.3, 0.4) is 0 Å². The van der Waals surface area contributed by atoms with Gasteiger partial charge < -0.3 is 8.98 Å². The Balaban J connectivity index is 1.35. The highest BCUT2D eigenvalue weighted by Gasteiger charge is 2.36. The first-order chi connectivity index (χ1) is 15.7. The maximum absolute atomic E-state index is 12.8. The second-order valence-corrected chi connectivity index (χ2v) is 9.02. The Bertz CT molecular complexity index is 1390. The number of furan rings is 1. The molecule has 0 spiro atoms. The number of likely N-dealkylation sites (tertiary alicyclic amines) is 1. The number of nitriles is 1. The highest BCUT2D eigenvalue weighted by molar-refractivity contribution is 5.77. The summed E-state index contributed by atoms with van der Waals surface area (Å²) < 4.78 is 8.05. The highest BCUT2D eigenvalue weighted by atomic mass is 16.3. The van der Waals surface area contributed by atoms with Gasteiger partial charge in [-0.25, -0.2) is 0 Å². The predicted octanol–water partition coefficient (Wildman–Crippen LogP) is 4.75. The van der Waals surface area contributed by atoms with Crippen molar-refractivity contribution in [2.45, 2.75) is 25.4 Å². The van der Waals surface area contributed by atoms with E-state index in [1.807, 2.05) is 53.1 Å². The van der Waals surface area contributed by atoms with Crippen molar-refractivity contribution in [3.8, 4) is 17.2 Å². The van der Waals surface area contributed by atoms with Crippen molar-refractivity contribution >= 4 is 11.0 Å². The molecule has 2 aliphatic rings. The third kappa shape index (κ3) is 3.24. The molecule has 1 fully saturated rings. The minimum absolute atomic E-state index is 0.0700. The minimum atomic E-state index is 0.0700. The fourth-order valence-electron chi connectivity index (χ4n) is 5.58. The third-order valence-corrected chi connectivity index (χ3v) is 6.82. The van der Waals surface area contributed by atoms with E-state index in [9.17, 15) is 10.1 Å². The molecule has 5 heteroatoms. The van der Waals surface area contributed by atoms with Gasteiger partial charge in [-0.1, -0.05) is 30.3 Å². The molecule has 0 aliphatic carbocycles. The Morgan fingerprint density at radius 1 is 1.00 bits per heavy atom. The molecule has 2 bridgehead atoms. The quantitative estimate of drug-likeness (QED) is 0.479. The smallest absolute Gasteiger partial charge is 0.250 e. The molecule has 0 unspecified atom stereocenters. The van der Waals surface area contributed by atoms with Crippen LogP contribution >= 0.6 is 0 Å². The summed E-state index contributed by atoms with van der Waals surface area (Å²) in [6, 6.07) is 23.8. The maximum Gasteiger partial charge on any atom is 0.250 e. The molecular formula is C27H23N3O2. The molecule has 32 heavy (non-hydrogen) atoms. The molecule has 4 heterocycles. The van der Waals surface area contributed by atoms with E-state index in [0.29, 0.717) is 11.5 Å². The van der Waals surface area contributed by atoms with Crippen molar-refractivity contribution in [1.29, 1.82) is 5.26 Å². The van der Waals surface area contributed by atoms with Gasteiger partial charge in [0.1, 0.15) is 11.3 Å². The SMILES string of the molecule is N#Cc1cccc(-c2ccc(=O)n3c2[C@@H]2C[C@H](CN(Cc4cc5ccccc5o4)C2)C3)c1. The summed E-state index contributed by atoms with van der Waals surface area (Å²) in [5.74, 6) is 1.71. The lowest BCUT2D eigenvalue weighted by Crippen LogP contribution is -2.46. The number of aromatic nitrogens is 1. The van der Waals surface area contributed by atoms with Crippen LogP contribution < -0.4 is 5.56 Å². The molecule has 158 valence electrons. The van der Waals surface area contributed by atoms with Crippen LogP contribution in [0.5, 0.6) is 0 Å². The molecule has 0 N–H and O–H groups in total. The summed E-state index contributed by atoms with van der Waals surface area (Å²) in [7, 11) is 0. The van der Waals surface area contributed by atoms with E-state index in [-0.39, 0.29) is 11.5 Å². The van der Waals surface area contributed by atoms with Crippen LogP contribution in [0.1, 0.15) is 29.4 Å². The van der Waals surface area contributed by atoms with Crippen LogP contribution in [0, 0.1) is 17.2 Å². The van der Waals surface area contributed by atoms with Crippen LogP contribution in [0.25, 0.3) is 22.1 Å². The monoisotopic (exact) mass is 421 g/mol. The lowest BCUT2D eigenvalue weighted by molar-refractivity contribution is 0.109. The van der Waals surface area contributed by atoms with Gasteiger partial charge in [-0.3, -0.25) is 9.69 Å². The minimum Gasteiger partial charge on any atom is -0.460 e. The number of pyridine rings is 1. The zero-order valence-corrected chi connectivity index (χ0v) is 17.7. The van der Waals surface area contributed by atoms with E-state index >= 15 is 0 Å². The lowest BCUT2D eigenvalue weighted by atomic mass is 9.80. The van der Waals surface area contributed by atoms with Crippen LogP contribution in [-0.4, -0.2) is 22.6 Å². The van der Waals surface area contributed by atoms with Crippen LogP contribution in [0.2, 0.25) is 0 Å². The Labute approximate surface area is 186 Å². The molecule has 2 aromatic heterocycles. The molecule has 1 saturated heterocycles. The average molecular weight is 422 g/mol. The van der Waals surface area contributed by atoms with E-state index in [1.54, 1.807) is 6.07 Å². The van der Waals surface area contributed by atoms with Crippen molar-refractivity contribution in [2.24, 2.45) is 5.92 Å². The number of para-hydroxylation sites is 1. The zero-order valence-electron chi connectivity index (χ0n) is 17.7. The van der Waals surface area contributed by atoms with Crippen LogP contribution in [-0.2, 0) is 13.1 Å². The number of fused-ring (bicyclic) bond motifs is 5. The van der Waals surface area contributed by atoms with Gasteiger partial charge in [0.25, 0.3) is 5.56 Å². The Morgan fingerprint density at radius 3 is 2.78 bits per heavy atom. The number of hydrogen-bond donors (Lipinski definition) is 0. The normalized spacial score (nSPS) is 20.1. The van der Waals surface area contributed by atoms with Gasteiger partial charge in [-0.15, -0.1) is 0 Å². The van der Waals surface area contributed by atoms with E-state index in [4.69, 9.17) is 4.42 Å². The second kappa shape index (κ2) is 7.51. The molecule has 0 saturated carbocycles.